The molecule has 0 amide bonds. The highest BCUT2D eigenvalue weighted by atomic mass is 32.2. The molecular weight excluding hydrogens is 250 g/mol. The first-order chi connectivity index (χ1) is 8.21. The van der Waals surface area contributed by atoms with Crippen molar-refractivity contribution in [3.8, 4) is 0 Å². The number of nitrogens with two attached hydrogens (primary N) is 1. The summed E-state index contributed by atoms with van der Waals surface area (Å²) < 4.78 is 23.2. The van der Waals surface area contributed by atoms with Gasteiger partial charge in [-0.1, -0.05) is 13.3 Å². The highest BCUT2D eigenvalue weighted by molar-refractivity contribution is 7.91. The number of amidine groups is 1. The number of nitrogens with one attached hydrogen (secondary N) is 1. The van der Waals surface area contributed by atoms with E-state index in [1.807, 2.05) is 14.0 Å². The van der Waals surface area contributed by atoms with E-state index in [0.717, 1.165) is 25.8 Å². The molecule has 0 aromatic carbocycles. The van der Waals surface area contributed by atoms with E-state index in [2.05, 4.69) is 4.90 Å². The lowest BCUT2D eigenvalue weighted by Crippen LogP contribution is -2.43. The van der Waals surface area contributed by atoms with Crippen molar-refractivity contribution in [1.29, 1.82) is 5.41 Å². The van der Waals surface area contributed by atoms with Gasteiger partial charge in [-0.2, -0.15) is 0 Å². The van der Waals surface area contributed by atoms with Crippen LogP contribution in [0.2, 0.25) is 0 Å². The molecule has 0 spiro atoms. The monoisotopic (exact) mass is 275 g/mol. The van der Waals surface area contributed by atoms with Crippen molar-refractivity contribution in [2.75, 3.05) is 19.8 Å². The summed E-state index contributed by atoms with van der Waals surface area (Å²) in [4.78, 5) is 2.16. The molecule has 1 aliphatic carbocycles. The van der Waals surface area contributed by atoms with Gasteiger partial charge in [-0.05, 0) is 26.3 Å². The molecule has 0 saturated heterocycles. The summed E-state index contributed by atoms with van der Waals surface area (Å²) in [6, 6.07) is 0.292. The minimum absolute atomic E-state index is 0.0219. The Bertz CT molecular complexity index is 394. The third kappa shape index (κ3) is 4.24. The van der Waals surface area contributed by atoms with Gasteiger partial charge in [0.25, 0.3) is 0 Å². The molecule has 18 heavy (non-hydrogen) atoms. The van der Waals surface area contributed by atoms with E-state index in [0.29, 0.717) is 12.5 Å². The molecule has 0 bridgehead atoms. The second kappa shape index (κ2) is 6.02. The van der Waals surface area contributed by atoms with E-state index in [1.54, 1.807) is 0 Å². The summed E-state index contributed by atoms with van der Waals surface area (Å²) in [5, 5.41) is 7.20. The molecule has 6 heteroatoms. The summed E-state index contributed by atoms with van der Waals surface area (Å²) in [6.45, 7) is 2.65. The summed E-state index contributed by atoms with van der Waals surface area (Å²) in [5.74, 6) is 0.214. The lowest BCUT2D eigenvalue weighted by Gasteiger charge is -2.35. The third-order valence-corrected chi connectivity index (χ3v) is 5.56. The Morgan fingerprint density at radius 3 is 2.61 bits per heavy atom. The van der Waals surface area contributed by atoms with Gasteiger partial charge in [0.2, 0.25) is 0 Å². The molecule has 3 unspecified atom stereocenters. The SMILES string of the molecule is CC(CN(C)C1CCCC(S(C)(=O)=O)C1)C(=N)N. The van der Waals surface area contributed by atoms with Crippen LogP contribution in [-0.2, 0) is 9.84 Å². The van der Waals surface area contributed by atoms with E-state index in [4.69, 9.17) is 11.1 Å². The molecule has 0 aromatic heterocycles. The van der Waals surface area contributed by atoms with Crippen molar-refractivity contribution in [2.24, 2.45) is 11.7 Å². The maximum Gasteiger partial charge on any atom is 0.150 e. The average molecular weight is 275 g/mol. The Balaban J connectivity index is 2.58. The van der Waals surface area contributed by atoms with Crippen LogP contribution in [0, 0.1) is 11.3 Å². The fraction of sp³-hybridized carbons (Fsp3) is 0.917. The molecule has 1 saturated carbocycles. The van der Waals surface area contributed by atoms with E-state index in [9.17, 15) is 8.42 Å². The second-order valence-electron chi connectivity index (χ2n) is 5.57. The van der Waals surface area contributed by atoms with Crippen LogP contribution in [0.25, 0.3) is 0 Å². The molecule has 0 aliphatic heterocycles. The normalized spacial score (nSPS) is 27.1. The topological polar surface area (TPSA) is 87.2 Å². The van der Waals surface area contributed by atoms with Gasteiger partial charge in [-0.3, -0.25) is 5.41 Å². The maximum absolute atomic E-state index is 11.6. The predicted molar refractivity (Wildman–Crippen MR) is 74.6 cm³/mol. The smallest absolute Gasteiger partial charge is 0.150 e. The fourth-order valence-corrected chi connectivity index (χ4v) is 3.76. The molecule has 0 heterocycles. The zero-order valence-electron chi connectivity index (χ0n) is 11.5. The van der Waals surface area contributed by atoms with Gasteiger partial charge in [-0.25, -0.2) is 8.42 Å². The number of hydrogen-bond acceptors (Lipinski definition) is 4. The first-order valence-electron chi connectivity index (χ1n) is 6.44. The molecule has 1 rings (SSSR count). The molecule has 106 valence electrons. The second-order valence-corrected chi connectivity index (χ2v) is 7.89. The molecule has 5 nitrogen and oxygen atoms in total. The summed E-state index contributed by atoms with van der Waals surface area (Å²) >= 11 is 0. The number of nitrogens with zero attached hydrogens (tertiary/aromatic N) is 1. The van der Waals surface area contributed by atoms with E-state index >= 15 is 0 Å². The summed E-state index contributed by atoms with van der Waals surface area (Å²) in [6.07, 6.45) is 4.82. The Kier molecular flexibility index (Phi) is 5.16. The highest BCUT2D eigenvalue weighted by Crippen LogP contribution is 2.27. The summed E-state index contributed by atoms with van der Waals surface area (Å²) in [7, 11) is -0.936. The van der Waals surface area contributed by atoms with Gasteiger partial charge >= 0.3 is 0 Å². The molecule has 1 aliphatic rings. The molecule has 3 atom stereocenters. The van der Waals surface area contributed by atoms with Gasteiger partial charge in [0.15, 0.2) is 0 Å². The average Bonchev–Trinajstić information content (AvgIpc) is 2.27. The fourth-order valence-electron chi connectivity index (χ4n) is 2.59. The number of sulfone groups is 1. The Morgan fingerprint density at radius 1 is 1.50 bits per heavy atom. The standard InChI is InChI=1S/C12H25N3O2S/c1-9(12(13)14)8-15(2)10-5-4-6-11(7-10)18(3,16)17/h9-11H,4-8H2,1-3H3,(H3,13,14). The van der Waals surface area contributed by atoms with Gasteiger partial charge in [0, 0.05) is 24.8 Å². The van der Waals surface area contributed by atoms with Crippen LogP contribution in [0.5, 0.6) is 0 Å². The van der Waals surface area contributed by atoms with E-state index in [-0.39, 0.29) is 17.0 Å². The van der Waals surface area contributed by atoms with Crippen molar-refractivity contribution < 1.29 is 8.42 Å². The van der Waals surface area contributed by atoms with Crippen LogP contribution in [-0.4, -0.2) is 50.3 Å². The van der Waals surface area contributed by atoms with Crippen LogP contribution in [0.15, 0.2) is 0 Å². The molecular formula is C12H25N3O2S. The highest BCUT2D eigenvalue weighted by Gasteiger charge is 2.31. The van der Waals surface area contributed by atoms with Crippen molar-refractivity contribution in [3.63, 3.8) is 0 Å². The van der Waals surface area contributed by atoms with E-state index in [1.165, 1.54) is 6.26 Å². The lowest BCUT2D eigenvalue weighted by atomic mass is 9.93. The lowest BCUT2D eigenvalue weighted by molar-refractivity contribution is 0.183. The van der Waals surface area contributed by atoms with Crippen molar-refractivity contribution in [2.45, 2.75) is 43.9 Å². The van der Waals surface area contributed by atoms with Crippen LogP contribution in [0.3, 0.4) is 0 Å². The quantitative estimate of drug-likeness (QED) is 0.575. The van der Waals surface area contributed by atoms with Gasteiger partial charge in [0.05, 0.1) is 11.1 Å². The predicted octanol–water partition coefficient (Wildman–Crippen LogP) is 0.846. The van der Waals surface area contributed by atoms with Crippen LogP contribution in [0.1, 0.15) is 32.6 Å². The largest absolute Gasteiger partial charge is 0.387 e. The molecule has 1 fully saturated rings. The first kappa shape index (κ1) is 15.4. The third-order valence-electron chi connectivity index (χ3n) is 3.92. The summed E-state index contributed by atoms with van der Waals surface area (Å²) in [5.41, 5.74) is 5.47. The molecule has 0 aromatic rings. The van der Waals surface area contributed by atoms with Gasteiger partial charge < -0.3 is 10.6 Å². The Hall–Kier alpha value is -0.620. The molecule has 0 radical (unpaired) electrons. The van der Waals surface area contributed by atoms with Crippen molar-refractivity contribution in [1.82, 2.24) is 4.90 Å². The van der Waals surface area contributed by atoms with Crippen LogP contribution < -0.4 is 5.73 Å². The zero-order chi connectivity index (χ0) is 13.9. The first-order valence-corrected chi connectivity index (χ1v) is 8.40. The minimum Gasteiger partial charge on any atom is -0.387 e. The van der Waals surface area contributed by atoms with Crippen molar-refractivity contribution in [3.05, 3.63) is 0 Å². The van der Waals surface area contributed by atoms with Crippen LogP contribution in [0.4, 0.5) is 0 Å². The maximum atomic E-state index is 11.6. The van der Waals surface area contributed by atoms with Crippen LogP contribution >= 0.6 is 0 Å². The Labute approximate surface area is 110 Å². The number of hydrogen-bond donors (Lipinski definition) is 2. The van der Waals surface area contributed by atoms with Gasteiger partial charge in [-0.15, -0.1) is 0 Å². The minimum atomic E-state index is -2.93. The molecule has 3 N–H and O–H groups in total. The van der Waals surface area contributed by atoms with E-state index < -0.39 is 9.84 Å². The Morgan fingerprint density at radius 2 is 2.11 bits per heavy atom. The zero-order valence-corrected chi connectivity index (χ0v) is 12.3. The van der Waals surface area contributed by atoms with Gasteiger partial charge in [0.1, 0.15) is 9.84 Å². The number of rotatable bonds is 5. The van der Waals surface area contributed by atoms with Crippen molar-refractivity contribution >= 4 is 15.7 Å².